The molecule has 29 heavy (non-hydrogen) atoms. The van der Waals surface area contributed by atoms with E-state index < -0.39 is 13.1 Å². The molecule has 5 heteroatoms. The largest absolute Gasteiger partial charge is 0.503 e. The van der Waals surface area contributed by atoms with Crippen LogP contribution in [0.2, 0.25) is 0 Å². The molecule has 0 spiro atoms. The van der Waals surface area contributed by atoms with Gasteiger partial charge in [0.2, 0.25) is 0 Å². The molecular formula is C24H25O4P. The average molecular weight is 408 g/mol. The van der Waals surface area contributed by atoms with E-state index in [1.54, 1.807) is 49.4 Å². The molecule has 0 saturated heterocycles. The van der Waals surface area contributed by atoms with Gasteiger partial charge in [-0.05, 0) is 60.7 Å². The molecule has 0 heterocycles. The third-order valence-corrected chi connectivity index (χ3v) is 6.38. The van der Waals surface area contributed by atoms with Crippen LogP contribution in [-0.2, 0) is 17.4 Å². The first-order chi connectivity index (χ1) is 13.9. The number of hydrogen-bond acceptors (Lipinski definition) is 4. The molecule has 3 aromatic carbocycles. The lowest BCUT2D eigenvalue weighted by atomic mass is 10.1. The maximum absolute atomic E-state index is 13.7. The lowest BCUT2D eigenvalue weighted by Gasteiger charge is -2.20. The number of hydrogen-bond donors (Lipinski definition) is 0. The van der Waals surface area contributed by atoms with Crippen molar-refractivity contribution in [3.63, 3.8) is 0 Å². The minimum Gasteiger partial charge on any atom is -0.411 e. The molecule has 0 aromatic heterocycles. The van der Waals surface area contributed by atoms with Gasteiger partial charge >= 0.3 is 7.60 Å². The second kappa shape index (κ2) is 9.11. The van der Waals surface area contributed by atoms with E-state index in [4.69, 9.17) is 9.05 Å². The second-order valence-corrected chi connectivity index (χ2v) is 8.56. The summed E-state index contributed by atoms with van der Waals surface area (Å²) in [5.74, 6) is 0.662. The van der Waals surface area contributed by atoms with Crippen LogP contribution in [0.25, 0.3) is 0 Å². The van der Waals surface area contributed by atoms with Gasteiger partial charge in [-0.25, -0.2) is 4.57 Å². The molecule has 0 fully saturated rings. The van der Waals surface area contributed by atoms with Crippen molar-refractivity contribution in [1.82, 2.24) is 0 Å². The molecule has 150 valence electrons. The van der Waals surface area contributed by atoms with E-state index >= 15 is 0 Å². The first kappa shape index (κ1) is 20.9. The monoisotopic (exact) mass is 408 g/mol. The Hall–Kier alpha value is -2.84. The van der Waals surface area contributed by atoms with Gasteiger partial charge in [-0.15, -0.1) is 0 Å². The van der Waals surface area contributed by atoms with Crippen LogP contribution in [-0.4, -0.2) is 5.52 Å². The summed E-state index contributed by atoms with van der Waals surface area (Å²) in [4.78, 5) is 13.2. The zero-order valence-corrected chi connectivity index (χ0v) is 17.8. The Morgan fingerprint density at radius 1 is 0.759 bits per heavy atom. The van der Waals surface area contributed by atoms with Crippen molar-refractivity contribution in [3.8, 4) is 11.5 Å². The Balaban J connectivity index is 1.97. The van der Waals surface area contributed by atoms with Gasteiger partial charge in [-0.3, -0.25) is 4.79 Å². The Morgan fingerprint density at radius 3 is 1.62 bits per heavy atom. The zero-order valence-electron chi connectivity index (χ0n) is 16.9. The molecule has 0 aliphatic heterocycles. The lowest BCUT2D eigenvalue weighted by Crippen LogP contribution is -2.13. The van der Waals surface area contributed by atoms with Crippen molar-refractivity contribution in [2.75, 3.05) is 0 Å². The number of benzene rings is 3. The molecule has 0 bridgehead atoms. The van der Waals surface area contributed by atoms with E-state index in [0.717, 1.165) is 24.0 Å². The smallest absolute Gasteiger partial charge is 0.411 e. The molecule has 0 N–H and O–H groups in total. The topological polar surface area (TPSA) is 52.6 Å². The molecule has 0 radical (unpaired) electrons. The van der Waals surface area contributed by atoms with Gasteiger partial charge < -0.3 is 9.05 Å². The van der Waals surface area contributed by atoms with E-state index in [-0.39, 0.29) is 0 Å². The van der Waals surface area contributed by atoms with E-state index in [1.165, 1.54) is 0 Å². The van der Waals surface area contributed by atoms with Crippen molar-refractivity contribution in [1.29, 1.82) is 0 Å². The van der Waals surface area contributed by atoms with E-state index in [9.17, 15) is 9.36 Å². The molecule has 3 rings (SSSR count). The van der Waals surface area contributed by atoms with Crippen LogP contribution in [0, 0.1) is 6.92 Å². The van der Waals surface area contributed by atoms with Gasteiger partial charge in [-0.2, -0.15) is 0 Å². The molecule has 0 aliphatic carbocycles. The summed E-state index contributed by atoms with van der Waals surface area (Å²) in [6.07, 6.45) is 1.75. The Bertz CT molecular complexity index is 970. The third-order valence-electron chi connectivity index (χ3n) is 4.74. The van der Waals surface area contributed by atoms with E-state index in [0.29, 0.717) is 22.6 Å². The van der Waals surface area contributed by atoms with Gasteiger partial charge in [0.25, 0.3) is 5.52 Å². The highest BCUT2D eigenvalue weighted by Crippen LogP contribution is 2.51. The molecule has 0 amide bonds. The first-order valence-corrected chi connectivity index (χ1v) is 11.3. The molecule has 0 aliphatic rings. The number of aryl methyl sites for hydroxylation is 3. The van der Waals surface area contributed by atoms with Gasteiger partial charge in [0.05, 0.1) is 0 Å². The van der Waals surface area contributed by atoms with Crippen molar-refractivity contribution in [2.24, 2.45) is 0 Å². The first-order valence-electron chi connectivity index (χ1n) is 9.73. The van der Waals surface area contributed by atoms with Crippen molar-refractivity contribution < 1.29 is 18.4 Å². The van der Waals surface area contributed by atoms with E-state index in [2.05, 4.69) is 0 Å². The van der Waals surface area contributed by atoms with Crippen LogP contribution in [0.3, 0.4) is 0 Å². The normalized spacial score (nSPS) is 11.1. The van der Waals surface area contributed by atoms with Gasteiger partial charge in [0.1, 0.15) is 11.5 Å². The van der Waals surface area contributed by atoms with Gasteiger partial charge in [0, 0.05) is 5.56 Å². The minimum absolute atomic E-state index is 0.325. The van der Waals surface area contributed by atoms with Crippen molar-refractivity contribution in [3.05, 3.63) is 95.1 Å². The Morgan fingerprint density at radius 2 is 1.21 bits per heavy atom. The van der Waals surface area contributed by atoms with Gasteiger partial charge in [0.15, 0.2) is 0 Å². The average Bonchev–Trinajstić information content (AvgIpc) is 2.74. The lowest BCUT2D eigenvalue weighted by molar-refractivity contribution is 0.104. The highest BCUT2D eigenvalue weighted by atomic mass is 31.2. The maximum atomic E-state index is 13.7. The van der Waals surface area contributed by atoms with Crippen molar-refractivity contribution in [2.45, 2.75) is 33.6 Å². The van der Waals surface area contributed by atoms with Crippen LogP contribution >= 0.6 is 7.60 Å². The molecule has 0 unspecified atom stereocenters. The summed E-state index contributed by atoms with van der Waals surface area (Å²) >= 11 is 0. The predicted molar refractivity (Wildman–Crippen MR) is 116 cm³/mol. The zero-order chi connectivity index (χ0) is 20.9. The Kier molecular flexibility index (Phi) is 6.56. The molecule has 3 aromatic rings. The quantitative estimate of drug-likeness (QED) is 0.394. The standard InChI is InChI=1S/C24H25O4P/c1-4-19-10-14-21(15-11-19)27-29(26,24(25)23-9-7-6-8-18(23)3)28-22-16-12-20(5-2)13-17-22/h6-17H,4-5H2,1-3H3. The SMILES string of the molecule is CCc1ccc(OP(=O)(Oc2ccc(CC)cc2)C(=O)c2ccccc2C)cc1. The number of carbonyl (C=O) groups excluding carboxylic acids is 1. The molecule has 0 saturated carbocycles. The predicted octanol–water partition coefficient (Wildman–Crippen LogP) is 6.61. The van der Waals surface area contributed by atoms with E-state index in [1.807, 2.05) is 44.2 Å². The van der Waals surface area contributed by atoms with Crippen LogP contribution < -0.4 is 9.05 Å². The van der Waals surface area contributed by atoms with Crippen LogP contribution in [0.1, 0.15) is 40.9 Å². The molecule has 0 atom stereocenters. The van der Waals surface area contributed by atoms with Crippen LogP contribution in [0.4, 0.5) is 0 Å². The van der Waals surface area contributed by atoms with Gasteiger partial charge in [-0.1, -0.05) is 62.4 Å². The Labute approximate surface area is 172 Å². The summed E-state index contributed by atoms with van der Waals surface area (Å²) in [6.45, 7) is 5.89. The maximum Gasteiger partial charge on any atom is 0.503 e. The summed E-state index contributed by atoms with van der Waals surface area (Å²) in [5.41, 5.74) is 2.62. The molecule has 4 nitrogen and oxygen atoms in total. The fraction of sp³-hybridized carbons (Fsp3) is 0.208. The fourth-order valence-corrected chi connectivity index (χ4v) is 4.46. The summed E-state index contributed by atoms with van der Waals surface area (Å²) in [6, 6.07) is 21.4. The summed E-state index contributed by atoms with van der Waals surface area (Å²) in [7, 11) is -4.19. The molecular weight excluding hydrogens is 383 g/mol. The van der Waals surface area contributed by atoms with Crippen LogP contribution in [0.15, 0.2) is 72.8 Å². The van der Waals surface area contributed by atoms with Crippen LogP contribution in [0.5, 0.6) is 11.5 Å². The highest BCUT2D eigenvalue weighted by Gasteiger charge is 2.40. The highest BCUT2D eigenvalue weighted by molar-refractivity contribution is 7.73. The summed E-state index contributed by atoms with van der Waals surface area (Å²) < 4.78 is 25.2. The van der Waals surface area contributed by atoms with Crippen molar-refractivity contribution >= 4 is 13.1 Å². The fourth-order valence-electron chi connectivity index (χ4n) is 2.91. The minimum atomic E-state index is -4.19. The second-order valence-electron chi connectivity index (χ2n) is 6.80. The number of rotatable bonds is 8. The third kappa shape index (κ3) is 4.96. The number of carbonyl (C=O) groups is 1. The summed E-state index contributed by atoms with van der Waals surface area (Å²) in [5, 5.41) is 0.